The van der Waals surface area contributed by atoms with Crippen LogP contribution < -0.4 is 18.9 Å². The van der Waals surface area contributed by atoms with E-state index in [0.717, 1.165) is 0 Å². The molecule has 1 aliphatic rings. The minimum Gasteiger partial charge on any atom is -0.652 e. The van der Waals surface area contributed by atoms with Crippen molar-refractivity contribution in [2.45, 2.75) is 99.6 Å². The van der Waals surface area contributed by atoms with Gasteiger partial charge in [0.1, 0.15) is 0 Å². The first-order valence-electron chi connectivity index (χ1n) is 8.84. The Labute approximate surface area is 179 Å². The fraction of sp³-hybridized carbons (Fsp3) is 0.857. The second-order valence-electron chi connectivity index (χ2n) is 8.77. The SMILES string of the molecule is CC1(C)CCCC(C)(C)[N-]1.[Al+3].[CH2-]C(C)C.[CH2-]C(C)C.[CH2-]C(C)C.[Li+]. The number of nitrogens with zero attached hydrogens (tertiary/aromatic N) is 1. The van der Waals surface area contributed by atoms with Crippen LogP contribution in [0.5, 0.6) is 0 Å². The molecule has 0 radical (unpaired) electrons. The van der Waals surface area contributed by atoms with Crippen molar-refractivity contribution < 1.29 is 18.9 Å². The van der Waals surface area contributed by atoms with Crippen LogP contribution in [-0.2, 0) is 0 Å². The summed E-state index contributed by atoms with van der Waals surface area (Å²) in [6, 6.07) is 0. The van der Waals surface area contributed by atoms with Crippen molar-refractivity contribution in [3.05, 3.63) is 26.1 Å². The molecule has 0 amide bonds. The molecule has 0 aromatic rings. The minimum absolute atomic E-state index is 0. The topological polar surface area (TPSA) is 14.1 Å². The third kappa shape index (κ3) is 49.5. The number of rotatable bonds is 0. The predicted molar refractivity (Wildman–Crippen MR) is 112 cm³/mol. The Hall–Kier alpha value is 1.09. The Kier molecular flexibility index (Phi) is 28.4. The summed E-state index contributed by atoms with van der Waals surface area (Å²) in [6.07, 6.45) is 3.86. The van der Waals surface area contributed by atoms with Crippen molar-refractivity contribution in [1.29, 1.82) is 0 Å². The van der Waals surface area contributed by atoms with Crippen LogP contribution >= 0.6 is 0 Å². The summed E-state index contributed by atoms with van der Waals surface area (Å²) in [6.45, 7) is 32.2. The molecule has 1 saturated heterocycles. The largest absolute Gasteiger partial charge is 3.00 e. The summed E-state index contributed by atoms with van der Waals surface area (Å²) in [5, 5.41) is 4.75. The standard InChI is InChI=1S/C9H18N.3C4H9.Al.Li/c1-8(2)6-5-7-9(3,4)10-8;3*1-4(2)3;;/h5-7H2,1-4H3;3*4H,1H2,2-3H3;;/q4*-1;+3;+1. The second-order valence-corrected chi connectivity index (χ2v) is 8.77. The molecular formula is C21H45AlLiN. The molecular weight excluding hydrogens is 300 g/mol. The summed E-state index contributed by atoms with van der Waals surface area (Å²) in [4.78, 5) is 0. The van der Waals surface area contributed by atoms with E-state index in [2.05, 4.69) is 90.0 Å². The Bertz CT molecular complexity index is 199. The van der Waals surface area contributed by atoms with Gasteiger partial charge in [0.15, 0.2) is 0 Å². The quantitative estimate of drug-likeness (QED) is 0.462. The van der Waals surface area contributed by atoms with Gasteiger partial charge in [-0.1, -0.05) is 88.5 Å². The molecule has 0 aromatic heterocycles. The van der Waals surface area contributed by atoms with Gasteiger partial charge in [-0.25, -0.2) is 0 Å². The van der Waals surface area contributed by atoms with E-state index in [0.29, 0.717) is 17.8 Å². The molecule has 0 spiro atoms. The van der Waals surface area contributed by atoms with Gasteiger partial charge >= 0.3 is 36.2 Å². The third-order valence-corrected chi connectivity index (χ3v) is 2.18. The van der Waals surface area contributed by atoms with E-state index in [4.69, 9.17) is 5.32 Å². The maximum atomic E-state index is 4.75. The van der Waals surface area contributed by atoms with Crippen molar-refractivity contribution in [2.24, 2.45) is 17.8 Å². The molecule has 24 heavy (non-hydrogen) atoms. The minimum atomic E-state index is 0. The van der Waals surface area contributed by atoms with Crippen LogP contribution in [0.3, 0.4) is 0 Å². The second kappa shape index (κ2) is 18.9. The third-order valence-electron chi connectivity index (χ3n) is 2.18. The van der Waals surface area contributed by atoms with Crippen molar-refractivity contribution >= 4 is 17.4 Å². The molecule has 1 nitrogen and oxygen atoms in total. The van der Waals surface area contributed by atoms with Crippen LogP contribution in [0.25, 0.3) is 5.32 Å². The van der Waals surface area contributed by atoms with Crippen LogP contribution in [-0.4, -0.2) is 28.4 Å². The van der Waals surface area contributed by atoms with Gasteiger partial charge in [-0.3, -0.25) is 0 Å². The van der Waals surface area contributed by atoms with E-state index >= 15 is 0 Å². The molecule has 0 aliphatic carbocycles. The Balaban J connectivity index is -0.0000000737. The first kappa shape index (κ1) is 36.1. The van der Waals surface area contributed by atoms with Gasteiger partial charge in [0.05, 0.1) is 0 Å². The molecule has 1 heterocycles. The first-order chi connectivity index (χ1) is 9.61. The maximum Gasteiger partial charge on any atom is 3.00 e. The van der Waals surface area contributed by atoms with E-state index in [9.17, 15) is 0 Å². The summed E-state index contributed by atoms with van der Waals surface area (Å²) in [5.41, 5.74) is 0.476. The Morgan fingerprint density at radius 2 is 0.833 bits per heavy atom. The van der Waals surface area contributed by atoms with Crippen molar-refractivity contribution in [2.75, 3.05) is 0 Å². The molecule has 0 saturated carbocycles. The molecule has 1 aliphatic heterocycles. The van der Waals surface area contributed by atoms with Gasteiger partial charge in [0, 0.05) is 0 Å². The monoisotopic (exact) mass is 345 g/mol. The number of hydrogen-bond donors (Lipinski definition) is 0. The van der Waals surface area contributed by atoms with E-state index in [1.165, 1.54) is 19.3 Å². The van der Waals surface area contributed by atoms with Gasteiger partial charge in [-0.15, -0.1) is 11.1 Å². The van der Waals surface area contributed by atoms with E-state index in [1.54, 1.807) is 0 Å². The van der Waals surface area contributed by atoms with Crippen molar-refractivity contribution in [1.82, 2.24) is 0 Å². The molecule has 0 atom stereocenters. The molecule has 3 heteroatoms. The van der Waals surface area contributed by atoms with Crippen LogP contribution in [0, 0.1) is 38.5 Å². The van der Waals surface area contributed by atoms with Crippen LogP contribution in [0.4, 0.5) is 0 Å². The van der Waals surface area contributed by atoms with E-state index in [1.807, 2.05) is 0 Å². The fourth-order valence-electron chi connectivity index (χ4n) is 1.88. The molecule has 138 valence electrons. The number of piperidine rings is 1. The summed E-state index contributed by atoms with van der Waals surface area (Å²) < 4.78 is 0. The van der Waals surface area contributed by atoms with Crippen LogP contribution in [0.1, 0.15) is 88.5 Å². The molecule has 1 rings (SSSR count). The van der Waals surface area contributed by atoms with E-state index in [-0.39, 0.29) is 47.3 Å². The molecule has 0 aromatic carbocycles. The van der Waals surface area contributed by atoms with Gasteiger partial charge in [0.25, 0.3) is 0 Å². The van der Waals surface area contributed by atoms with Crippen molar-refractivity contribution in [3.8, 4) is 0 Å². The van der Waals surface area contributed by atoms with Crippen LogP contribution in [0.15, 0.2) is 0 Å². The number of hydrogen-bond acceptors (Lipinski definition) is 0. The Morgan fingerprint density at radius 3 is 0.917 bits per heavy atom. The first-order valence-corrected chi connectivity index (χ1v) is 8.84. The van der Waals surface area contributed by atoms with E-state index < -0.39 is 0 Å². The zero-order valence-electron chi connectivity index (χ0n) is 19.0. The smallest absolute Gasteiger partial charge is 0.652 e. The van der Waals surface area contributed by atoms with Gasteiger partial charge in [0.2, 0.25) is 0 Å². The molecule has 1 fully saturated rings. The predicted octanol–water partition coefficient (Wildman–Crippen LogP) is 4.15. The van der Waals surface area contributed by atoms with Gasteiger partial charge in [-0.2, -0.15) is 17.8 Å². The normalized spacial score (nSPS) is 17.0. The zero-order valence-corrected chi connectivity index (χ0v) is 20.2. The average Bonchev–Trinajstić information content (AvgIpc) is 2.08. The summed E-state index contributed by atoms with van der Waals surface area (Å²) >= 11 is 0. The summed E-state index contributed by atoms with van der Waals surface area (Å²) in [5.74, 6) is 1.75. The Morgan fingerprint density at radius 1 is 0.667 bits per heavy atom. The van der Waals surface area contributed by atoms with Gasteiger partial charge < -0.3 is 26.1 Å². The zero-order chi connectivity index (χ0) is 18.6. The van der Waals surface area contributed by atoms with Crippen molar-refractivity contribution in [3.63, 3.8) is 0 Å². The maximum absolute atomic E-state index is 4.75. The summed E-state index contributed by atoms with van der Waals surface area (Å²) in [7, 11) is 0. The average molecular weight is 346 g/mol. The molecule has 0 N–H and O–H groups in total. The van der Waals surface area contributed by atoms with Gasteiger partial charge in [-0.05, 0) is 0 Å². The van der Waals surface area contributed by atoms with Crippen LogP contribution in [0.2, 0.25) is 0 Å². The fourth-order valence-corrected chi connectivity index (χ4v) is 1.88. The molecule has 0 unspecified atom stereocenters. The molecule has 0 bridgehead atoms.